The van der Waals surface area contributed by atoms with Gasteiger partial charge in [-0.3, -0.25) is 9.78 Å². The van der Waals surface area contributed by atoms with Crippen LogP contribution in [0.4, 0.5) is 5.69 Å². The zero-order valence-corrected chi connectivity index (χ0v) is 12.0. The second-order valence-electron chi connectivity index (χ2n) is 3.98. The van der Waals surface area contributed by atoms with Crippen molar-refractivity contribution in [2.24, 2.45) is 0 Å². The van der Waals surface area contributed by atoms with Crippen molar-refractivity contribution in [3.8, 4) is 5.75 Å². The van der Waals surface area contributed by atoms with E-state index in [1.807, 2.05) is 25.1 Å². The average Bonchev–Trinajstić information content (AvgIpc) is 2.39. The number of hydrogen-bond donors (Lipinski definition) is 1. The molecule has 1 N–H and O–H groups in total. The van der Waals surface area contributed by atoms with Crippen LogP contribution >= 0.6 is 15.9 Å². The Balaban J connectivity index is 1.90. The van der Waals surface area contributed by atoms with E-state index in [2.05, 4.69) is 26.2 Å². The lowest BCUT2D eigenvalue weighted by Gasteiger charge is -2.09. The number of hydrogen-bond acceptors (Lipinski definition) is 3. The highest BCUT2D eigenvalue weighted by Gasteiger charge is 2.05. The molecule has 0 radical (unpaired) electrons. The smallest absolute Gasteiger partial charge is 0.262 e. The standard InChI is InChI=1S/C14H13BrN2O2/c1-10-8-11(15)2-3-13(10)19-9-14(18)17-12-4-6-16-7-5-12/h2-8H,9H2,1H3,(H,16,17,18). The zero-order chi connectivity index (χ0) is 13.7. The molecule has 0 atom stereocenters. The van der Waals surface area contributed by atoms with Crippen LogP contribution in [0.15, 0.2) is 47.2 Å². The largest absolute Gasteiger partial charge is 0.483 e. The Bertz CT molecular complexity index is 573. The first kappa shape index (κ1) is 13.5. The van der Waals surface area contributed by atoms with Crippen molar-refractivity contribution in [3.63, 3.8) is 0 Å². The molecule has 1 aromatic carbocycles. The predicted molar refractivity (Wildman–Crippen MR) is 77.2 cm³/mol. The van der Waals surface area contributed by atoms with E-state index >= 15 is 0 Å². The molecule has 0 saturated heterocycles. The molecule has 98 valence electrons. The number of amides is 1. The van der Waals surface area contributed by atoms with Gasteiger partial charge in [0.2, 0.25) is 0 Å². The SMILES string of the molecule is Cc1cc(Br)ccc1OCC(=O)Nc1ccncc1. The highest BCUT2D eigenvalue weighted by molar-refractivity contribution is 9.10. The molecule has 4 nitrogen and oxygen atoms in total. The van der Waals surface area contributed by atoms with Crippen LogP contribution in [-0.2, 0) is 4.79 Å². The van der Waals surface area contributed by atoms with Gasteiger partial charge in [-0.05, 0) is 42.8 Å². The summed E-state index contributed by atoms with van der Waals surface area (Å²) < 4.78 is 6.46. The predicted octanol–water partition coefficient (Wildman–Crippen LogP) is 3.17. The van der Waals surface area contributed by atoms with Crippen molar-refractivity contribution < 1.29 is 9.53 Å². The molecular weight excluding hydrogens is 308 g/mol. The van der Waals surface area contributed by atoms with E-state index in [-0.39, 0.29) is 12.5 Å². The van der Waals surface area contributed by atoms with Crippen molar-refractivity contribution in [2.45, 2.75) is 6.92 Å². The zero-order valence-electron chi connectivity index (χ0n) is 10.4. The number of pyridine rings is 1. The summed E-state index contributed by atoms with van der Waals surface area (Å²) in [6.45, 7) is 1.91. The van der Waals surface area contributed by atoms with Crippen LogP contribution in [0.2, 0.25) is 0 Å². The van der Waals surface area contributed by atoms with Crippen LogP contribution in [-0.4, -0.2) is 17.5 Å². The van der Waals surface area contributed by atoms with Gasteiger partial charge in [-0.15, -0.1) is 0 Å². The molecule has 1 amide bonds. The Labute approximate surface area is 119 Å². The number of ether oxygens (including phenoxy) is 1. The quantitative estimate of drug-likeness (QED) is 0.941. The van der Waals surface area contributed by atoms with E-state index in [9.17, 15) is 4.79 Å². The minimum absolute atomic E-state index is 0.0230. The van der Waals surface area contributed by atoms with Crippen LogP contribution in [0, 0.1) is 6.92 Å². The van der Waals surface area contributed by atoms with E-state index in [0.29, 0.717) is 11.4 Å². The maximum atomic E-state index is 11.7. The normalized spacial score (nSPS) is 10.0. The molecule has 0 aliphatic heterocycles. The second-order valence-corrected chi connectivity index (χ2v) is 4.90. The van der Waals surface area contributed by atoms with Gasteiger partial charge in [-0.1, -0.05) is 15.9 Å². The minimum atomic E-state index is -0.200. The topological polar surface area (TPSA) is 51.2 Å². The van der Waals surface area contributed by atoms with Crippen molar-refractivity contribution in [3.05, 3.63) is 52.8 Å². The number of nitrogens with one attached hydrogen (secondary N) is 1. The lowest BCUT2D eigenvalue weighted by atomic mass is 10.2. The third kappa shape index (κ3) is 4.06. The molecule has 2 rings (SSSR count). The molecule has 0 unspecified atom stereocenters. The van der Waals surface area contributed by atoms with Gasteiger partial charge in [0.1, 0.15) is 5.75 Å². The number of carbonyl (C=O) groups excluding carboxylic acids is 1. The number of carbonyl (C=O) groups is 1. The van der Waals surface area contributed by atoms with E-state index in [1.54, 1.807) is 24.5 Å². The summed E-state index contributed by atoms with van der Waals surface area (Å²) in [5.74, 6) is 0.501. The van der Waals surface area contributed by atoms with E-state index in [1.165, 1.54) is 0 Å². The third-order valence-electron chi connectivity index (χ3n) is 2.46. The summed E-state index contributed by atoms with van der Waals surface area (Å²) in [5.41, 5.74) is 1.68. The Morgan fingerprint density at radius 2 is 2.05 bits per heavy atom. The molecule has 0 aliphatic carbocycles. The first-order valence-electron chi connectivity index (χ1n) is 5.74. The Morgan fingerprint density at radius 1 is 1.32 bits per heavy atom. The first-order chi connectivity index (χ1) is 9.15. The molecule has 5 heteroatoms. The lowest BCUT2D eigenvalue weighted by Crippen LogP contribution is -2.20. The highest BCUT2D eigenvalue weighted by Crippen LogP contribution is 2.22. The van der Waals surface area contributed by atoms with Gasteiger partial charge in [-0.25, -0.2) is 0 Å². The average molecular weight is 321 g/mol. The second kappa shape index (κ2) is 6.33. The van der Waals surface area contributed by atoms with Crippen LogP contribution in [0.5, 0.6) is 5.75 Å². The summed E-state index contributed by atoms with van der Waals surface area (Å²) in [5, 5.41) is 2.73. The van der Waals surface area contributed by atoms with Gasteiger partial charge >= 0.3 is 0 Å². The van der Waals surface area contributed by atoms with Crippen molar-refractivity contribution >= 4 is 27.5 Å². The maximum Gasteiger partial charge on any atom is 0.262 e. The molecule has 0 aliphatic rings. The number of nitrogens with zero attached hydrogens (tertiary/aromatic N) is 1. The monoisotopic (exact) mass is 320 g/mol. The van der Waals surface area contributed by atoms with Crippen molar-refractivity contribution in [1.82, 2.24) is 4.98 Å². The number of rotatable bonds is 4. The lowest BCUT2D eigenvalue weighted by molar-refractivity contribution is -0.118. The van der Waals surface area contributed by atoms with Gasteiger partial charge in [0.05, 0.1) is 0 Å². The van der Waals surface area contributed by atoms with E-state index in [0.717, 1.165) is 10.0 Å². The molecule has 0 saturated carbocycles. The Morgan fingerprint density at radius 3 is 2.74 bits per heavy atom. The number of aryl methyl sites for hydroxylation is 1. The fourth-order valence-corrected chi connectivity index (χ4v) is 2.03. The number of halogens is 1. The number of benzene rings is 1. The fourth-order valence-electron chi connectivity index (χ4n) is 1.55. The molecule has 0 fully saturated rings. The summed E-state index contributed by atoms with van der Waals surface area (Å²) in [4.78, 5) is 15.6. The first-order valence-corrected chi connectivity index (χ1v) is 6.53. The molecule has 0 spiro atoms. The Hall–Kier alpha value is -1.88. The van der Waals surface area contributed by atoms with Crippen LogP contribution in [0.1, 0.15) is 5.56 Å². The van der Waals surface area contributed by atoms with Gasteiger partial charge in [-0.2, -0.15) is 0 Å². The summed E-state index contributed by atoms with van der Waals surface area (Å²) in [6, 6.07) is 9.10. The van der Waals surface area contributed by atoms with Crippen molar-refractivity contribution in [2.75, 3.05) is 11.9 Å². The van der Waals surface area contributed by atoms with E-state index in [4.69, 9.17) is 4.74 Å². The maximum absolute atomic E-state index is 11.7. The van der Waals surface area contributed by atoms with Gasteiger partial charge in [0.15, 0.2) is 6.61 Å². The van der Waals surface area contributed by atoms with Crippen LogP contribution in [0.25, 0.3) is 0 Å². The highest BCUT2D eigenvalue weighted by atomic mass is 79.9. The molecule has 0 bridgehead atoms. The fraction of sp³-hybridized carbons (Fsp3) is 0.143. The molecule has 2 aromatic rings. The minimum Gasteiger partial charge on any atom is -0.483 e. The van der Waals surface area contributed by atoms with Gasteiger partial charge in [0, 0.05) is 22.6 Å². The molecule has 19 heavy (non-hydrogen) atoms. The molecule has 1 heterocycles. The van der Waals surface area contributed by atoms with Crippen LogP contribution in [0.3, 0.4) is 0 Å². The van der Waals surface area contributed by atoms with Crippen LogP contribution < -0.4 is 10.1 Å². The molecule has 1 aromatic heterocycles. The molecular formula is C14H13BrN2O2. The van der Waals surface area contributed by atoms with Gasteiger partial charge < -0.3 is 10.1 Å². The van der Waals surface area contributed by atoms with Gasteiger partial charge in [0.25, 0.3) is 5.91 Å². The summed E-state index contributed by atoms with van der Waals surface area (Å²) in [7, 11) is 0. The number of anilines is 1. The van der Waals surface area contributed by atoms with Crippen molar-refractivity contribution in [1.29, 1.82) is 0 Å². The summed E-state index contributed by atoms with van der Waals surface area (Å²) in [6.07, 6.45) is 3.24. The number of aromatic nitrogens is 1. The summed E-state index contributed by atoms with van der Waals surface area (Å²) >= 11 is 3.38. The van der Waals surface area contributed by atoms with E-state index < -0.39 is 0 Å². The Kier molecular flexibility index (Phi) is 4.52. The third-order valence-corrected chi connectivity index (χ3v) is 2.95.